The SMILES string of the molecule is Cc1cc(C)cc(N(c2ccc(-c3ccccc3)cc2)c2cc3c4c(c2)c2cccc5c2n4-c2c(cccc2C3(C)C)C5(C)C)c1. The van der Waals surface area contributed by atoms with Crippen LogP contribution in [0.1, 0.15) is 61.1 Å². The smallest absolute Gasteiger partial charge is 0.0583 e. The number of benzene rings is 6. The van der Waals surface area contributed by atoms with Gasteiger partial charge in [0.25, 0.3) is 0 Å². The van der Waals surface area contributed by atoms with Gasteiger partial charge in [-0.3, -0.25) is 0 Å². The highest BCUT2D eigenvalue weighted by Gasteiger charge is 2.43. The van der Waals surface area contributed by atoms with Gasteiger partial charge >= 0.3 is 0 Å². The van der Waals surface area contributed by atoms with Crippen molar-refractivity contribution in [3.8, 4) is 16.8 Å². The number of hydrogen-bond donors (Lipinski definition) is 0. The first-order chi connectivity index (χ1) is 22.1. The molecule has 6 aromatic carbocycles. The molecule has 0 N–H and O–H groups in total. The maximum absolute atomic E-state index is 2.61. The number of anilines is 3. The Morgan fingerprint density at radius 3 is 1.72 bits per heavy atom. The summed E-state index contributed by atoms with van der Waals surface area (Å²) in [6.07, 6.45) is 0. The minimum absolute atomic E-state index is 0.0860. The quantitative estimate of drug-likeness (QED) is 0.197. The van der Waals surface area contributed by atoms with Crippen LogP contribution >= 0.6 is 0 Å². The van der Waals surface area contributed by atoms with Crippen LogP contribution in [0.5, 0.6) is 0 Å². The summed E-state index contributed by atoms with van der Waals surface area (Å²) in [6, 6.07) is 45.5. The van der Waals surface area contributed by atoms with Crippen LogP contribution in [0.2, 0.25) is 0 Å². The molecular formula is C44H38N2. The van der Waals surface area contributed by atoms with Crippen molar-refractivity contribution < 1.29 is 0 Å². The summed E-state index contributed by atoms with van der Waals surface area (Å²) in [5.41, 5.74) is 18.0. The lowest BCUT2D eigenvalue weighted by Crippen LogP contribution is -2.33. The van der Waals surface area contributed by atoms with E-state index in [1.54, 1.807) is 0 Å². The molecule has 3 heterocycles. The van der Waals surface area contributed by atoms with E-state index in [1.165, 1.54) is 83.4 Å². The molecule has 2 aliphatic rings. The number of para-hydroxylation sites is 2. The molecule has 0 bridgehead atoms. The Bertz CT molecular complexity index is 2350. The Labute approximate surface area is 271 Å². The predicted octanol–water partition coefficient (Wildman–Crippen LogP) is 11.8. The zero-order chi connectivity index (χ0) is 31.5. The zero-order valence-corrected chi connectivity index (χ0v) is 27.4. The minimum Gasteiger partial charge on any atom is -0.310 e. The number of aryl methyl sites for hydroxylation is 2. The summed E-state index contributed by atoms with van der Waals surface area (Å²) in [5, 5.41) is 2.66. The maximum atomic E-state index is 2.61. The summed E-state index contributed by atoms with van der Waals surface area (Å²) in [7, 11) is 0. The Balaban J connectivity index is 1.36. The summed E-state index contributed by atoms with van der Waals surface area (Å²) >= 11 is 0. The molecule has 2 heteroatoms. The van der Waals surface area contributed by atoms with Gasteiger partial charge in [0.1, 0.15) is 0 Å². The van der Waals surface area contributed by atoms with Gasteiger partial charge in [-0.2, -0.15) is 0 Å². The Morgan fingerprint density at radius 1 is 0.457 bits per heavy atom. The molecule has 0 atom stereocenters. The summed E-state index contributed by atoms with van der Waals surface area (Å²) < 4.78 is 2.61. The molecule has 0 amide bonds. The molecular weight excluding hydrogens is 556 g/mol. The van der Waals surface area contributed by atoms with Gasteiger partial charge in [-0.1, -0.05) is 113 Å². The van der Waals surface area contributed by atoms with Gasteiger partial charge in [-0.15, -0.1) is 0 Å². The third-order valence-corrected chi connectivity index (χ3v) is 10.8. The van der Waals surface area contributed by atoms with Crippen molar-refractivity contribution >= 4 is 38.9 Å². The van der Waals surface area contributed by atoms with Gasteiger partial charge in [0.15, 0.2) is 0 Å². The fraction of sp³-hybridized carbons (Fsp3) is 0.182. The molecule has 1 aromatic heterocycles. The molecule has 46 heavy (non-hydrogen) atoms. The maximum Gasteiger partial charge on any atom is 0.0583 e. The molecule has 224 valence electrons. The van der Waals surface area contributed by atoms with Gasteiger partial charge in [0.05, 0.1) is 16.7 Å². The first-order valence-corrected chi connectivity index (χ1v) is 16.4. The van der Waals surface area contributed by atoms with Crippen LogP contribution in [0.25, 0.3) is 38.6 Å². The first kappa shape index (κ1) is 27.2. The van der Waals surface area contributed by atoms with Gasteiger partial charge in [0, 0.05) is 38.7 Å². The molecule has 0 aliphatic carbocycles. The van der Waals surface area contributed by atoms with Crippen LogP contribution in [0.3, 0.4) is 0 Å². The Morgan fingerprint density at radius 2 is 1.02 bits per heavy atom. The van der Waals surface area contributed by atoms with Gasteiger partial charge in [0.2, 0.25) is 0 Å². The van der Waals surface area contributed by atoms with Crippen LogP contribution in [-0.2, 0) is 10.8 Å². The molecule has 0 spiro atoms. The van der Waals surface area contributed by atoms with Gasteiger partial charge in [-0.25, -0.2) is 0 Å². The van der Waals surface area contributed by atoms with Crippen molar-refractivity contribution in [1.29, 1.82) is 0 Å². The normalized spacial score (nSPS) is 15.1. The van der Waals surface area contributed by atoms with Crippen LogP contribution in [0.4, 0.5) is 17.1 Å². The standard InChI is InChI=1S/C44H38N2/c1-27-22-28(2)24-32(23-27)45(31-20-18-30(19-21-31)29-12-8-7-9-13-29)33-25-35-34-14-10-15-36-40(34)46-41(35)39(26-33)44(5,6)38-17-11-16-37(42(38)46)43(36,3)4/h7-26H,1-6H3. The highest BCUT2D eigenvalue weighted by molar-refractivity contribution is 6.15. The van der Waals surface area contributed by atoms with Gasteiger partial charge in [-0.05, 0) is 94.8 Å². The highest BCUT2D eigenvalue weighted by atomic mass is 15.1. The second kappa shape index (κ2) is 9.23. The van der Waals surface area contributed by atoms with Crippen LogP contribution in [0, 0.1) is 13.8 Å². The molecule has 0 unspecified atom stereocenters. The molecule has 0 fully saturated rings. The van der Waals surface area contributed by atoms with E-state index in [9.17, 15) is 0 Å². The zero-order valence-electron chi connectivity index (χ0n) is 27.4. The van der Waals surface area contributed by atoms with Crippen molar-refractivity contribution in [1.82, 2.24) is 4.57 Å². The molecule has 2 nitrogen and oxygen atoms in total. The molecule has 7 aromatic rings. The first-order valence-electron chi connectivity index (χ1n) is 16.4. The van der Waals surface area contributed by atoms with Crippen LogP contribution in [0.15, 0.2) is 121 Å². The molecule has 9 rings (SSSR count). The van der Waals surface area contributed by atoms with Crippen LogP contribution < -0.4 is 4.90 Å². The van der Waals surface area contributed by atoms with E-state index in [4.69, 9.17) is 0 Å². The highest BCUT2D eigenvalue weighted by Crippen LogP contribution is 2.56. The Hall–Kier alpha value is -5.08. The van der Waals surface area contributed by atoms with Crippen molar-refractivity contribution in [2.24, 2.45) is 0 Å². The van der Waals surface area contributed by atoms with E-state index < -0.39 is 0 Å². The fourth-order valence-corrected chi connectivity index (χ4v) is 8.56. The number of fused-ring (bicyclic) bond motifs is 1. The van der Waals surface area contributed by atoms with E-state index in [0.717, 1.165) is 5.69 Å². The summed E-state index contributed by atoms with van der Waals surface area (Å²) in [5.74, 6) is 0. The van der Waals surface area contributed by atoms with E-state index in [1.807, 2.05) is 0 Å². The fourth-order valence-electron chi connectivity index (χ4n) is 8.56. The van der Waals surface area contributed by atoms with Crippen molar-refractivity contribution in [2.75, 3.05) is 4.90 Å². The van der Waals surface area contributed by atoms with E-state index in [-0.39, 0.29) is 10.8 Å². The van der Waals surface area contributed by atoms with Crippen LogP contribution in [-0.4, -0.2) is 4.57 Å². The third kappa shape index (κ3) is 3.59. The average Bonchev–Trinajstić information content (AvgIpc) is 3.38. The molecule has 0 saturated heterocycles. The van der Waals surface area contributed by atoms with Crippen molar-refractivity contribution in [3.63, 3.8) is 0 Å². The minimum atomic E-state index is -0.178. The largest absolute Gasteiger partial charge is 0.310 e. The summed E-state index contributed by atoms with van der Waals surface area (Å²) in [6.45, 7) is 14.0. The van der Waals surface area contributed by atoms with Gasteiger partial charge < -0.3 is 9.47 Å². The average molecular weight is 595 g/mol. The summed E-state index contributed by atoms with van der Waals surface area (Å²) in [4.78, 5) is 2.46. The number of rotatable bonds is 4. The monoisotopic (exact) mass is 594 g/mol. The lowest BCUT2D eigenvalue weighted by molar-refractivity contribution is 0.593. The molecule has 0 radical (unpaired) electrons. The topological polar surface area (TPSA) is 8.17 Å². The van der Waals surface area contributed by atoms with E-state index >= 15 is 0 Å². The second-order valence-electron chi connectivity index (χ2n) is 14.5. The van der Waals surface area contributed by atoms with Crippen molar-refractivity contribution in [3.05, 3.63) is 155 Å². The predicted molar refractivity (Wildman–Crippen MR) is 195 cm³/mol. The number of aromatic nitrogens is 1. The van der Waals surface area contributed by atoms with E-state index in [0.29, 0.717) is 0 Å². The lowest BCUT2D eigenvalue weighted by atomic mass is 9.68. The van der Waals surface area contributed by atoms with E-state index in [2.05, 4.69) is 172 Å². The number of nitrogens with zero attached hydrogens (tertiary/aromatic N) is 2. The van der Waals surface area contributed by atoms with Crippen molar-refractivity contribution in [2.45, 2.75) is 52.4 Å². The third-order valence-electron chi connectivity index (χ3n) is 10.8. The second-order valence-corrected chi connectivity index (χ2v) is 14.5. The number of hydrogen-bond acceptors (Lipinski definition) is 1. The Kier molecular flexibility index (Phi) is 5.47. The molecule has 0 saturated carbocycles. The molecule has 2 aliphatic heterocycles. The lowest BCUT2D eigenvalue weighted by Gasteiger charge is -2.42.